The van der Waals surface area contributed by atoms with E-state index in [1.807, 2.05) is 30.3 Å². The number of piperidine rings is 1. The first-order valence-corrected chi connectivity index (χ1v) is 9.37. The van der Waals surface area contributed by atoms with Gasteiger partial charge in [-0.15, -0.1) is 0 Å². The van der Waals surface area contributed by atoms with Gasteiger partial charge in [-0.1, -0.05) is 23.7 Å². The van der Waals surface area contributed by atoms with Crippen LogP contribution in [0, 0.1) is 0 Å². The number of rotatable bonds is 3. The maximum absolute atomic E-state index is 11.0. The van der Waals surface area contributed by atoms with Gasteiger partial charge in [0, 0.05) is 36.7 Å². The summed E-state index contributed by atoms with van der Waals surface area (Å²) in [7, 11) is 0. The van der Waals surface area contributed by atoms with Gasteiger partial charge >= 0.3 is 0 Å². The number of nitrogens with two attached hydrogens (primary N) is 1. The lowest BCUT2D eigenvalue weighted by Gasteiger charge is -2.39. The van der Waals surface area contributed by atoms with E-state index in [2.05, 4.69) is 14.9 Å². The van der Waals surface area contributed by atoms with E-state index < -0.39 is 5.60 Å². The third-order valence-electron chi connectivity index (χ3n) is 5.39. The van der Waals surface area contributed by atoms with Crippen molar-refractivity contribution in [1.82, 2.24) is 9.97 Å². The first kappa shape index (κ1) is 17.5. The summed E-state index contributed by atoms with van der Waals surface area (Å²) in [6.45, 7) is 2.86. The summed E-state index contributed by atoms with van der Waals surface area (Å²) in [5.41, 5.74) is 6.97. The number of hydrogen-bond acceptors (Lipinski definition) is 6. The number of hydrogen-bond donors (Lipinski definition) is 2. The second-order valence-corrected chi connectivity index (χ2v) is 7.53. The Morgan fingerprint density at radius 1 is 1.19 bits per heavy atom. The van der Waals surface area contributed by atoms with Crippen molar-refractivity contribution in [3.05, 3.63) is 46.6 Å². The van der Waals surface area contributed by atoms with Crippen LogP contribution in [-0.4, -0.2) is 41.4 Å². The Morgan fingerprint density at radius 2 is 1.92 bits per heavy atom. The van der Waals surface area contributed by atoms with Gasteiger partial charge in [0.25, 0.3) is 0 Å². The summed E-state index contributed by atoms with van der Waals surface area (Å²) in [6, 6.07) is 9.46. The van der Waals surface area contributed by atoms with E-state index >= 15 is 0 Å². The van der Waals surface area contributed by atoms with Crippen LogP contribution in [0.25, 0.3) is 0 Å². The molecule has 0 spiro atoms. The van der Waals surface area contributed by atoms with E-state index in [-0.39, 0.29) is 5.92 Å². The van der Waals surface area contributed by atoms with E-state index in [1.54, 1.807) is 0 Å². The van der Waals surface area contributed by atoms with Crippen molar-refractivity contribution in [2.75, 3.05) is 36.9 Å². The van der Waals surface area contributed by atoms with Crippen LogP contribution in [0.5, 0.6) is 0 Å². The monoisotopic (exact) mass is 374 g/mol. The van der Waals surface area contributed by atoms with Crippen molar-refractivity contribution in [2.24, 2.45) is 0 Å². The Balaban J connectivity index is 1.50. The maximum Gasteiger partial charge on any atom is 0.222 e. The Bertz CT molecular complexity index is 770. The predicted octanol–water partition coefficient (Wildman–Crippen LogP) is 2.70. The highest BCUT2D eigenvalue weighted by molar-refractivity contribution is 6.30. The third-order valence-corrected chi connectivity index (χ3v) is 5.65. The molecule has 0 radical (unpaired) electrons. The van der Waals surface area contributed by atoms with E-state index in [0.717, 1.165) is 30.1 Å². The van der Waals surface area contributed by atoms with E-state index in [1.165, 1.54) is 0 Å². The molecule has 7 heteroatoms. The van der Waals surface area contributed by atoms with Crippen molar-refractivity contribution < 1.29 is 9.84 Å². The van der Waals surface area contributed by atoms with Gasteiger partial charge in [0.1, 0.15) is 5.82 Å². The highest BCUT2D eigenvalue weighted by Gasteiger charge is 2.34. The maximum atomic E-state index is 11.0. The van der Waals surface area contributed by atoms with Gasteiger partial charge < -0.3 is 20.5 Å². The number of aliphatic hydroxyl groups is 1. The predicted molar refractivity (Wildman–Crippen MR) is 101 cm³/mol. The van der Waals surface area contributed by atoms with E-state index in [9.17, 15) is 5.11 Å². The first-order chi connectivity index (χ1) is 12.5. The Kier molecular flexibility index (Phi) is 4.73. The van der Waals surface area contributed by atoms with Crippen molar-refractivity contribution in [3.8, 4) is 0 Å². The number of anilines is 2. The van der Waals surface area contributed by atoms with Crippen LogP contribution in [0.15, 0.2) is 30.3 Å². The van der Waals surface area contributed by atoms with Gasteiger partial charge in [0.15, 0.2) is 0 Å². The molecule has 1 aromatic carbocycles. The van der Waals surface area contributed by atoms with Crippen LogP contribution in [0.3, 0.4) is 0 Å². The van der Waals surface area contributed by atoms with Gasteiger partial charge in [-0.25, -0.2) is 4.98 Å². The molecule has 1 atom stereocenters. The zero-order valence-electron chi connectivity index (χ0n) is 14.6. The number of ether oxygens (including phenoxy) is 1. The summed E-state index contributed by atoms with van der Waals surface area (Å²) in [5.74, 6) is 1.41. The lowest BCUT2D eigenvalue weighted by molar-refractivity contribution is 0.0116. The molecule has 4 rings (SSSR count). The van der Waals surface area contributed by atoms with Crippen LogP contribution in [-0.2, 0) is 10.3 Å². The summed E-state index contributed by atoms with van der Waals surface area (Å²) in [4.78, 5) is 11.0. The lowest BCUT2D eigenvalue weighted by Crippen LogP contribution is -2.43. The molecule has 2 aliphatic heterocycles. The Morgan fingerprint density at radius 3 is 2.58 bits per heavy atom. The third kappa shape index (κ3) is 3.49. The minimum atomic E-state index is -0.832. The molecule has 3 N–H and O–H groups in total. The quantitative estimate of drug-likeness (QED) is 0.859. The van der Waals surface area contributed by atoms with Gasteiger partial charge in [0.05, 0.1) is 17.9 Å². The summed E-state index contributed by atoms with van der Waals surface area (Å²) < 4.78 is 5.46. The molecule has 0 aliphatic carbocycles. The second-order valence-electron chi connectivity index (χ2n) is 7.10. The van der Waals surface area contributed by atoms with Crippen molar-refractivity contribution in [2.45, 2.75) is 30.8 Å². The second kappa shape index (κ2) is 7.02. The van der Waals surface area contributed by atoms with Crippen LogP contribution in [0.4, 0.5) is 11.8 Å². The molecule has 6 nitrogen and oxygen atoms in total. The lowest BCUT2D eigenvalue weighted by atomic mass is 9.84. The van der Waals surface area contributed by atoms with Crippen molar-refractivity contribution in [3.63, 3.8) is 0 Å². The molecule has 0 unspecified atom stereocenters. The Labute approximate surface area is 158 Å². The number of aromatic nitrogens is 2. The average molecular weight is 375 g/mol. The largest absolute Gasteiger partial charge is 0.385 e. The molecule has 1 aromatic heterocycles. The van der Waals surface area contributed by atoms with Gasteiger partial charge in [-0.05, 0) is 37.0 Å². The SMILES string of the molecule is Nc1nc([C@@H]2CCOC2)cc(N2CCC(O)(c3ccc(Cl)cc3)CC2)n1. The fourth-order valence-electron chi connectivity index (χ4n) is 3.76. The van der Waals surface area contributed by atoms with Crippen molar-refractivity contribution in [1.29, 1.82) is 0 Å². The van der Waals surface area contributed by atoms with Crippen LogP contribution >= 0.6 is 11.6 Å². The van der Waals surface area contributed by atoms with Gasteiger partial charge in [-0.3, -0.25) is 0 Å². The summed E-state index contributed by atoms with van der Waals surface area (Å²) >= 11 is 5.96. The molecule has 0 bridgehead atoms. The zero-order valence-corrected chi connectivity index (χ0v) is 15.3. The minimum absolute atomic E-state index is 0.287. The zero-order chi connectivity index (χ0) is 18.1. The highest BCUT2D eigenvalue weighted by Crippen LogP contribution is 2.35. The molecule has 0 amide bonds. The standard InChI is InChI=1S/C19H23ClN4O2/c20-15-3-1-14(2-4-15)19(25)6-8-24(9-7-19)17-11-16(22-18(21)23-17)13-5-10-26-12-13/h1-4,11,13,25H,5-10,12H2,(H2,21,22,23)/t13-/m1/s1. The highest BCUT2D eigenvalue weighted by atomic mass is 35.5. The van der Waals surface area contributed by atoms with Crippen LogP contribution < -0.4 is 10.6 Å². The van der Waals surface area contributed by atoms with Crippen LogP contribution in [0.2, 0.25) is 5.02 Å². The average Bonchev–Trinajstić information content (AvgIpc) is 3.17. The van der Waals surface area contributed by atoms with Gasteiger partial charge in [0.2, 0.25) is 5.95 Å². The fourth-order valence-corrected chi connectivity index (χ4v) is 3.89. The van der Waals surface area contributed by atoms with E-state index in [4.69, 9.17) is 22.1 Å². The molecular formula is C19H23ClN4O2. The number of benzene rings is 1. The number of nitrogen functional groups attached to an aromatic ring is 1. The molecule has 3 heterocycles. The summed E-state index contributed by atoms with van der Waals surface area (Å²) in [6.07, 6.45) is 2.22. The molecule has 138 valence electrons. The molecule has 2 fully saturated rings. The molecule has 2 aromatic rings. The normalized spacial score (nSPS) is 22.5. The Hall–Kier alpha value is -1.89. The fraction of sp³-hybridized carbons (Fsp3) is 0.474. The molecule has 2 saturated heterocycles. The van der Waals surface area contributed by atoms with E-state index in [0.29, 0.717) is 43.5 Å². The van der Waals surface area contributed by atoms with Crippen LogP contribution in [0.1, 0.15) is 36.4 Å². The first-order valence-electron chi connectivity index (χ1n) is 8.99. The van der Waals surface area contributed by atoms with Gasteiger partial charge in [-0.2, -0.15) is 4.98 Å². The topological polar surface area (TPSA) is 84.5 Å². The number of nitrogens with zero attached hydrogens (tertiary/aromatic N) is 3. The number of halogens is 1. The molecule has 26 heavy (non-hydrogen) atoms. The molecule has 2 aliphatic rings. The molecular weight excluding hydrogens is 352 g/mol. The smallest absolute Gasteiger partial charge is 0.222 e. The molecule has 0 saturated carbocycles. The summed E-state index contributed by atoms with van der Waals surface area (Å²) in [5, 5.41) is 11.7. The minimum Gasteiger partial charge on any atom is -0.385 e. The van der Waals surface area contributed by atoms with Crippen molar-refractivity contribution >= 4 is 23.4 Å².